The van der Waals surface area contributed by atoms with Crippen molar-refractivity contribution in [1.29, 1.82) is 0 Å². The second-order valence-corrected chi connectivity index (χ2v) is 11.0. The van der Waals surface area contributed by atoms with E-state index in [-0.39, 0.29) is 34.2 Å². The lowest BCUT2D eigenvalue weighted by molar-refractivity contribution is -0.167. The Kier molecular flexibility index (Phi) is 5.99. The highest BCUT2D eigenvalue weighted by Gasteiger charge is 2.73. The van der Waals surface area contributed by atoms with Crippen molar-refractivity contribution in [2.45, 2.75) is 44.2 Å². The third-order valence-corrected chi connectivity index (χ3v) is 8.74. The topological polar surface area (TPSA) is 139 Å². The Balaban J connectivity index is 1.28. The smallest absolute Gasteiger partial charge is 0.390 e. The molecule has 0 spiro atoms. The molecule has 14 heteroatoms. The molecular weight excluding hydrogens is 556 g/mol. The number of hydrogen-bond acceptors (Lipinski definition) is 7. The van der Waals surface area contributed by atoms with E-state index in [1.807, 2.05) is 11.5 Å². The van der Waals surface area contributed by atoms with Crippen LogP contribution in [0.2, 0.25) is 5.02 Å². The first-order valence-corrected chi connectivity index (χ1v) is 12.8. The molecule has 0 bridgehead atoms. The molecule has 0 saturated heterocycles. The molecular formula is C26H23ClF4N6O3. The predicted molar refractivity (Wildman–Crippen MR) is 138 cm³/mol. The number of fused-ring (bicyclic) bond motifs is 3. The van der Waals surface area contributed by atoms with Gasteiger partial charge in [0.1, 0.15) is 29.7 Å². The number of pyridine rings is 1. The van der Waals surface area contributed by atoms with Crippen LogP contribution in [0, 0.1) is 23.1 Å². The molecule has 210 valence electrons. The molecule has 9 nitrogen and oxygen atoms in total. The SMILES string of the molecule is CC(Cc1cc(F)c2cc(Cl)c(NC(=O)C(F)(F)F)nc2c1)[C@@]12C[C@@H]1[C@@H](n1ccc3c(N)ncnc31)[C@H](O)[C@@H]2O. The lowest BCUT2D eigenvalue weighted by atomic mass is 9.81. The van der Waals surface area contributed by atoms with Gasteiger partial charge >= 0.3 is 12.1 Å². The molecule has 2 fully saturated rings. The molecule has 40 heavy (non-hydrogen) atoms. The molecule has 4 aromatic rings. The molecule has 3 aromatic heterocycles. The number of nitrogens with two attached hydrogens (primary N) is 1. The molecule has 0 aliphatic heterocycles. The van der Waals surface area contributed by atoms with Crippen LogP contribution in [0.25, 0.3) is 21.9 Å². The van der Waals surface area contributed by atoms with Gasteiger partial charge in [-0.3, -0.25) is 4.79 Å². The number of rotatable bonds is 5. The standard InChI is InChI=1S/C26H23ClF4N6O3/c1-10(4-11-5-16(28)13-7-15(27)22(35-17(13)6-11)36-24(40)26(29,30)31)25-8-14(25)18(19(38)20(25)39)37-3-2-12-21(32)33-9-34-23(12)37/h2-3,5-7,9-10,14,18-20,38-39H,4,8H2,1H3,(H2,32,33,34)(H,35,36,40)/t10?,14-,18-,19+,20+,25+/m1/s1. The Bertz CT molecular complexity index is 1680. The first kappa shape index (κ1) is 26.7. The van der Waals surface area contributed by atoms with Crippen molar-refractivity contribution in [3.63, 3.8) is 0 Å². The van der Waals surface area contributed by atoms with E-state index >= 15 is 4.39 Å². The van der Waals surface area contributed by atoms with E-state index in [2.05, 4.69) is 15.0 Å². The molecule has 3 heterocycles. The fourth-order valence-electron chi connectivity index (χ4n) is 6.48. The maximum Gasteiger partial charge on any atom is 0.471 e. The van der Waals surface area contributed by atoms with E-state index in [4.69, 9.17) is 17.3 Å². The molecule has 1 unspecified atom stereocenters. The maximum atomic E-state index is 15.0. The van der Waals surface area contributed by atoms with Crippen molar-refractivity contribution in [2.24, 2.45) is 17.3 Å². The summed E-state index contributed by atoms with van der Waals surface area (Å²) < 4.78 is 55.0. The normalized spacial score (nSPS) is 26.7. The Hall–Kier alpha value is -3.55. The van der Waals surface area contributed by atoms with Gasteiger partial charge in [-0.15, -0.1) is 0 Å². The highest BCUT2D eigenvalue weighted by atomic mass is 35.5. The number of amides is 1. The zero-order chi connectivity index (χ0) is 28.7. The van der Waals surface area contributed by atoms with E-state index in [1.165, 1.54) is 18.5 Å². The summed E-state index contributed by atoms with van der Waals surface area (Å²) >= 11 is 5.95. The summed E-state index contributed by atoms with van der Waals surface area (Å²) in [4.78, 5) is 23.7. The molecule has 2 aliphatic rings. The minimum absolute atomic E-state index is 0.00915. The minimum Gasteiger partial charge on any atom is -0.390 e. The van der Waals surface area contributed by atoms with E-state index in [0.717, 1.165) is 6.07 Å². The number of halogens is 5. The number of anilines is 2. The van der Waals surface area contributed by atoms with E-state index in [9.17, 15) is 28.2 Å². The number of nitrogen functional groups attached to an aromatic ring is 1. The summed E-state index contributed by atoms with van der Waals surface area (Å²) in [6.45, 7) is 1.90. The Morgan fingerprint density at radius 1 is 1.27 bits per heavy atom. The number of aromatic nitrogens is 4. The van der Waals surface area contributed by atoms with Crippen molar-refractivity contribution in [3.8, 4) is 0 Å². The number of carbonyl (C=O) groups excluding carboxylic acids is 1. The van der Waals surface area contributed by atoms with Crippen LogP contribution in [0.15, 0.2) is 36.8 Å². The lowest BCUT2D eigenvalue weighted by Gasteiger charge is -2.28. The summed E-state index contributed by atoms with van der Waals surface area (Å²) in [6, 6.07) is 5.21. The highest BCUT2D eigenvalue weighted by molar-refractivity contribution is 6.34. The Morgan fingerprint density at radius 3 is 2.75 bits per heavy atom. The van der Waals surface area contributed by atoms with Gasteiger partial charge in [0.2, 0.25) is 0 Å². The van der Waals surface area contributed by atoms with Gasteiger partial charge in [0.25, 0.3) is 0 Å². The van der Waals surface area contributed by atoms with Gasteiger partial charge in [0.15, 0.2) is 5.82 Å². The number of aliphatic hydroxyl groups excluding tert-OH is 2. The number of benzene rings is 1. The first-order valence-electron chi connectivity index (χ1n) is 12.4. The molecule has 1 amide bonds. The maximum absolute atomic E-state index is 15.0. The van der Waals surface area contributed by atoms with Crippen molar-refractivity contribution in [1.82, 2.24) is 19.5 Å². The highest BCUT2D eigenvalue weighted by Crippen LogP contribution is 2.71. The van der Waals surface area contributed by atoms with Crippen LogP contribution in [0.1, 0.15) is 24.9 Å². The fourth-order valence-corrected chi connectivity index (χ4v) is 6.68. The third kappa shape index (κ3) is 3.98. The van der Waals surface area contributed by atoms with Crippen molar-refractivity contribution in [3.05, 3.63) is 53.2 Å². The van der Waals surface area contributed by atoms with Crippen LogP contribution in [0.5, 0.6) is 0 Å². The van der Waals surface area contributed by atoms with Crippen LogP contribution >= 0.6 is 11.6 Å². The number of alkyl halides is 3. The monoisotopic (exact) mass is 578 g/mol. The Labute approximate surface area is 229 Å². The molecule has 0 radical (unpaired) electrons. The second-order valence-electron chi connectivity index (χ2n) is 10.6. The van der Waals surface area contributed by atoms with Crippen molar-refractivity contribution in [2.75, 3.05) is 11.1 Å². The van der Waals surface area contributed by atoms with Crippen molar-refractivity contribution < 1.29 is 32.6 Å². The number of nitrogens with one attached hydrogen (secondary N) is 1. The minimum atomic E-state index is -5.15. The quantitative estimate of drug-likeness (QED) is 0.262. The summed E-state index contributed by atoms with van der Waals surface area (Å²) in [6.07, 6.45) is -3.28. The largest absolute Gasteiger partial charge is 0.471 e. The van der Waals surface area contributed by atoms with Crippen LogP contribution < -0.4 is 11.1 Å². The molecule has 6 rings (SSSR count). The van der Waals surface area contributed by atoms with Crippen LogP contribution in [0.4, 0.5) is 29.2 Å². The number of nitrogens with zero attached hydrogens (tertiary/aromatic N) is 4. The molecule has 2 aliphatic carbocycles. The third-order valence-electron chi connectivity index (χ3n) is 8.45. The number of hydrogen-bond donors (Lipinski definition) is 4. The zero-order valence-corrected chi connectivity index (χ0v) is 21.6. The lowest BCUT2D eigenvalue weighted by Crippen LogP contribution is -2.37. The van der Waals surface area contributed by atoms with Gasteiger partial charge in [0, 0.05) is 17.0 Å². The van der Waals surface area contributed by atoms with Gasteiger partial charge < -0.3 is 25.8 Å². The van der Waals surface area contributed by atoms with Gasteiger partial charge in [-0.05, 0) is 54.5 Å². The number of carbonyl (C=O) groups is 1. The average molecular weight is 579 g/mol. The summed E-state index contributed by atoms with van der Waals surface area (Å²) in [5.74, 6) is -3.48. The van der Waals surface area contributed by atoms with Gasteiger partial charge in [-0.2, -0.15) is 13.2 Å². The van der Waals surface area contributed by atoms with Crippen LogP contribution in [-0.4, -0.2) is 54.0 Å². The van der Waals surface area contributed by atoms with Gasteiger partial charge in [-0.1, -0.05) is 18.5 Å². The Morgan fingerprint density at radius 2 is 2.02 bits per heavy atom. The summed E-state index contributed by atoms with van der Waals surface area (Å²) in [7, 11) is 0. The van der Waals surface area contributed by atoms with Gasteiger partial charge in [0.05, 0.1) is 28.1 Å². The summed E-state index contributed by atoms with van der Waals surface area (Å²) in [5, 5.41) is 24.1. The van der Waals surface area contributed by atoms with Crippen LogP contribution in [0.3, 0.4) is 0 Å². The molecule has 5 N–H and O–H groups in total. The van der Waals surface area contributed by atoms with Gasteiger partial charge in [-0.25, -0.2) is 19.3 Å². The summed E-state index contributed by atoms with van der Waals surface area (Å²) in [5.41, 5.74) is 6.35. The second kappa shape index (κ2) is 8.98. The average Bonchev–Trinajstić information content (AvgIpc) is 3.41. The van der Waals surface area contributed by atoms with Crippen molar-refractivity contribution >= 4 is 51.1 Å². The van der Waals surface area contributed by atoms with E-state index in [0.29, 0.717) is 28.8 Å². The number of aliphatic hydroxyl groups is 2. The fraction of sp³-hybridized carbons (Fsp3) is 0.385. The molecule has 2 saturated carbocycles. The van der Waals surface area contributed by atoms with E-state index in [1.54, 1.807) is 17.6 Å². The van der Waals surface area contributed by atoms with Crippen LogP contribution in [-0.2, 0) is 11.2 Å². The predicted octanol–water partition coefficient (Wildman–Crippen LogP) is 4.02. The van der Waals surface area contributed by atoms with E-state index < -0.39 is 47.4 Å². The molecule has 6 atom stereocenters. The zero-order valence-electron chi connectivity index (χ0n) is 20.8. The first-order chi connectivity index (χ1) is 18.8. The molecule has 1 aromatic carbocycles.